The van der Waals surface area contributed by atoms with Crippen molar-refractivity contribution < 1.29 is 9.05 Å². The van der Waals surface area contributed by atoms with Crippen LogP contribution in [0.4, 0.5) is 0 Å². The molecule has 0 aliphatic carbocycles. The quantitative estimate of drug-likeness (QED) is 0.513. The normalized spacial score (nSPS) is 13.8. The van der Waals surface area contributed by atoms with Crippen molar-refractivity contribution in [1.29, 1.82) is 0 Å². The molecular formula is C12H30NO2PSi. The predicted octanol–water partition coefficient (Wildman–Crippen LogP) is 4.26. The second-order valence-corrected chi connectivity index (χ2v) is 13.3. The number of rotatable bonds is 7. The van der Waals surface area contributed by atoms with Crippen LogP contribution in [0.5, 0.6) is 0 Å². The average molecular weight is 279 g/mol. The molecule has 0 aromatic heterocycles. The molecule has 0 saturated carbocycles. The molecule has 0 fully saturated rings. The highest BCUT2D eigenvalue weighted by atomic mass is 31.2. The van der Waals surface area contributed by atoms with Crippen LogP contribution in [-0.4, -0.2) is 37.7 Å². The molecule has 0 bridgehead atoms. The monoisotopic (exact) mass is 279 g/mol. The molecule has 0 atom stereocenters. The number of hydrogen-bond acceptors (Lipinski definition) is 3. The van der Waals surface area contributed by atoms with Gasteiger partial charge in [0.25, 0.3) is 8.53 Å². The van der Waals surface area contributed by atoms with Gasteiger partial charge >= 0.3 is 0 Å². The molecule has 0 amide bonds. The maximum Gasteiger partial charge on any atom is 0.258 e. The summed E-state index contributed by atoms with van der Waals surface area (Å²) >= 11 is 0. The lowest BCUT2D eigenvalue weighted by Gasteiger charge is -2.42. The van der Waals surface area contributed by atoms with Gasteiger partial charge in [-0.05, 0) is 34.6 Å². The molecule has 0 aliphatic rings. The molecule has 0 rings (SSSR count). The number of nitrogens with zero attached hydrogens (tertiary/aromatic N) is 1. The average Bonchev–Trinajstić information content (AvgIpc) is 2.11. The van der Waals surface area contributed by atoms with Gasteiger partial charge in [0.2, 0.25) is 0 Å². The van der Waals surface area contributed by atoms with Crippen LogP contribution < -0.4 is 0 Å². The number of hydrogen-bond donors (Lipinski definition) is 0. The summed E-state index contributed by atoms with van der Waals surface area (Å²) in [5, 5.41) is 0. The molecule has 3 nitrogen and oxygen atoms in total. The van der Waals surface area contributed by atoms with Gasteiger partial charge in [-0.1, -0.05) is 19.6 Å². The second kappa shape index (κ2) is 7.20. The zero-order chi connectivity index (χ0) is 13.7. The van der Waals surface area contributed by atoms with Gasteiger partial charge in [0.15, 0.2) is 0 Å². The fourth-order valence-corrected chi connectivity index (χ4v) is 5.78. The first kappa shape index (κ1) is 17.5. The Morgan fingerprint density at radius 1 is 1.00 bits per heavy atom. The van der Waals surface area contributed by atoms with Crippen LogP contribution in [0.1, 0.15) is 34.6 Å². The van der Waals surface area contributed by atoms with Crippen LogP contribution in [0.3, 0.4) is 0 Å². The fourth-order valence-electron chi connectivity index (χ4n) is 1.39. The second-order valence-electron chi connectivity index (χ2n) is 6.36. The van der Waals surface area contributed by atoms with Gasteiger partial charge in [0.05, 0.1) is 21.3 Å². The van der Waals surface area contributed by atoms with Crippen molar-refractivity contribution in [2.75, 3.05) is 19.4 Å². The smallest absolute Gasteiger partial charge is 0.258 e. The van der Waals surface area contributed by atoms with Gasteiger partial charge < -0.3 is 9.05 Å². The van der Waals surface area contributed by atoms with E-state index >= 15 is 0 Å². The maximum absolute atomic E-state index is 5.81. The Kier molecular flexibility index (Phi) is 7.42. The molecule has 0 saturated heterocycles. The zero-order valence-corrected chi connectivity index (χ0v) is 14.7. The molecule has 0 unspecified atom stereocenters. The molecule has 0 radical (unpaired) electrons. The minimum atomic E-state index is -1.17. The van der Waals surface area contributed by atoms with Crippen LogP contribution in [0, 0.1) is 0 Å². The fraction of sp³-hybridized carbons (Fsp3) is 1.00. The van der Waals surface area contributed by atoms with Gasteiger partial charge in [-0.2, -0.15) is 0 Å². The van der Waals surface area contributed by atoms with E-state index in [9.17, 15) is 0 Å². The van der Waals surface area contributed by atoms with E-state index in [0.717, 1.165) is 6.17 Å². The summed E-state index contributed by atoms with van der Waals surface area (Å²) in [6, 6.07) is 0. The highest BCUT2D eigenvalue weighted by Gasteiger charge is 2.34. The first-order chi connectivity index (χ1) is 7.61. The third-order valence-electron chi connectivity index (χ3n) is 2.07. The maximum atomic E-state index is 5.81. The standard InChI is InChI=1S/C12H30NO2PSi/c1-9-14-16(15-10-2)13(12(3,4)5)11-17(6,7)8/h9-11H2,1-8H3. The van der Waals surface area contributed by atoms with Crippen LogP contribution in [0.25, 0.3) is 0 Å². The lowest BCUT2D eigenvalue weighted by Crippen LogP contribution is -2.47. The molecule has 104 valence electrons. The molecule has 0 heterocycles. The first-order valence-corrected chi connectivity index (χ1v) is 11.3. The lowest BCUT2D eigenvalue weighted by molar-refractivity contribution is 0.177. The largest absolute Gasteiger partial charge is 0.322 e. The van der Waals surface area contributed by atoms with E-state index < -0.39 is 16.6 Å². The minimum absolute atomic E-state index is 0.0936. The Bertz CT molecular complexity index is 208. The topological polar surface area (TPSA) is 21.7 Å². The van der Waals surface area contributed by atoms with E-state index in [1.165, 1.54) is 0 Å². The zero-order valence-electron chi connectivity index (χ0n) is 12.8. The minimum Gasteiger partial charge on any atom is -0.322 e. The van der Waals surface area contributed by atoms with E-state index in [2.05, 4.69) is 45.1 Å². The molecule has 0 spiro atoms. The summed E-state index contributed by atoms with van der Waals surface area (Å²) in [5.74, 6) is 0. The van der Waals surface area contributed by atoms with E-state index in [1.807, 2.05) is 13.8 Å². The third-order valence-corrected chi connectivity index (χ3v) is 5.70. The van der Waals surface area contributed by atoms with Gasteiger partial charge in [0.1, 0.15) is 0 Å². The van der Waals surface area contributed by atoms with Crippen molar-refractivity contribution in [2.45, 2.75) is 59.8 Å². The van der Waals surface area contributed by atoms with Crippen LogP contribution >= 0.6 is 8.53 Å². The Morgan fingerprint density at radius 3 is 1.65 bits per heavy atom. The van der Waals surface area contributed by atoms with E-state index in [-0.39, 0.29) is 5.54 Å². The summed E-state index contributed by atoms with van der Waals surface area (Å²) in [4.78, 5) is 0. The highest BCUT2D eigenvalue weighted by molar-refractivity contribution is 7.44. The molecule has 5 heteroatoms. The predicted molar refractivity (Wildman–Crippen MR) is 80.0 cm³/mol. The van der Waals surface area contributed by atoms with Gasteiger partial charge in [0, 0.05) is 11.7 Å². The first-order valence-electron chi connectivity index (χ1n) is 6.45. The molecule has 0 aromatic carbocycles. The Morgan fingerprint density at radius 2 is 1.41 bits per heavy atom. The lowest BCUT2D eigenvalue weighted by atomic mass is 10.1. The summed E-state index contributed by atoms with van der Waals surface area (Å²) in [6.07, 6.45) is 1.11. The summed E-state index contributed by atoms with van der Waals surface area (Å²) in [5.41, 5.74) is 0.0936. The van der Waals surface area contributed by atoms with Crippen molar-refractivity contribution in [3.63, 3.8) is 0 Å². The van der Waals surface area contributed by atoms with Crippen molar-refractivity contribution in [2.24, 2.45) is 0 Å². The Hall–Kier alpha value is 0.527. The summed E-state index contributed by atoms with van der Waals surface area (Å²) < 4.78 is 14.0. The Labute approximate surface area is 110 Å². The van der Waals surface area contributed by atoms with Crippen molar-refractivity contribution >= 4 is 16.6 Å². The third kappa shape index (κ3) is 7.53. The summed E-state index contributed by atoms with van der Waals surface area (Å²) in [6.45, 7) is 19.4. The molecule has 0 aromatic rings. The van der Waals surface area contributed by atoms with Crippen molar-refractivity contribution in [1.82, 2.24) is 4.67 Å². The summed E-state index contributed by atoms with van der Waals surface area (Å²) in [7, 11) is -2.08. The highest BCUT2D eigenvalue weighted by Crippen LogP contribution is 2.47. The van der Waals surface area contributed by atoms with Gasteiger partial charge in [-0.3, -0.25) is 0 Å². The molecule has 0 N–H and O–H groups in total. The molecule has 0 aliphatic heterocycles. The van der Waals surface area contributed by atoms with Crippen LogP contribution in [0.15, 0.2) is 0 Å². The SMILES string of the molecule is CCOP(OCC)N(C[Si](C)(C)C)C(C)(C)C. The Balaban J connectivity index is 4.86. The molecule has 17 heavy (non-hydrogen) atoms. The van der Waals surface area contributed by atoms with Crippen molar-refractivity contribution in [3.05, 3.63) is 0 Å². The molecular weight excluding hydrogens is 249 g/mol. The van der Waals surface area contributed by atoms with E-state index in [1.54, 1.807) is 0 Å². The van der Waals surface area contributed by atoms with Gasteiger partial charge in [-0.15, -0.1) is 0 Å². The van der Waals surface area contributed by atoms with Crippen LogP contribution in [0.2, 0.25) is 19.6 Å². The van der Waals surface area contributed by atoms with E-state index in [0.29, 0.717) is 13.2 Å². The van der Waals surface area contributed by atoms with Crippen molar-refractivity contribution in [3.8, 4) is 0 Å². The van der Waals surface area contributed by atoms with Gasteiger partial charge in [-0.25, -0.2) is 4.67 Å². The van der Waals surface area contributed by atoms with Crippen LogP contribution in [-0.2, 0) is 9.05 Å². The van der Waals surface area contributed by atoms with E-state index in [4.69, 9.17) is 9.05 Å².